The van der Waals surface area contributed by atoms with Crippen LogP contribution in [0.25, 0.3) is 10.9 Å². The summed E-state index contributed by atoms with van der Waals surface area (Å²) in [7, 11) is 1.06. The number of methoxy groups -OCH3 is 1. The average Bonchev–Trinajstić information content (AvgIpc) is 2.70. The lowest BCUT2D eigenvalue weighted by Crippen LogP contribution is -2.38. The molecule has 0 bridgehead atoms. The third-order valence-electron chi connectivity index (χ3n) is 4.80. The maximum atomic E-state index is 14.8. The van der Waals surface area contributed by atoms with Crippen LogP contribution < -0.4 is 10.1 Å². The largest absolute Gasteiger partial charge is 0.493 e. The predicted molar refractivity (Wildman–Crippen MR) is 110 cm³/mol. The number of rotatable bonds is 6. The number of benzene rings is 2. The highest BCUT2D eigenvalue weighted by Crippen LogP contribution is 2.40. The fourth-order valence-corrected chi connectivity index (χ4v) is 3.80. The number of pyridine rings is 1. The molecule has 10 heteroatoms. The number of hydrogen-bond donors (Lipinski definition) is 2. The van der Waals surface area contributed by atoms with Gasteiger partial charge in [0.2, 0.25) is 0 Å². The molecule has 0 aliphatic rings. The van der Waals surface area contributed by atoms with E-state index in [4.69, 9.17) is 4.74 Å². The van der Waals surface area contributed by atoms with Gasteiger partial charge in [0.05, 0.1) is 18.7 Å². The van der Waals surface area contributed by atoms with Crippen LogP contribution in [0.1, 0.15) is 22.9 Å². The van der Waals surface area contributed by atoms with Gasteiger partial charge in [0.25, 0.3) is 0 Å². The molecule has 2 N–H and O–H groups in total. The molecule has 0 spiro atoms. The summed E-state index contributed by atoms with van der Waals surface area (Å²) in [4.78, 5) is 4.32. The first-order valence-corrected chi connectivity index (χ1v) is 10.2. The quantitative estimate of drug-likeness (QED) is 0.329. The molecule has 0 amide bonds. The van der Waals surface area contributed by atoms with Crippen LogP contribution in [0.15, 0.2) is 36.4 Å². The zero-order valence-corrected chi connectivity index (χ0v) is 18.0. The van der Waals surface area contributed by atoms with Gasteiger partial charge < -0.3 is 15.2 Å². The van der Waals surface area contributed by atoms with Gasteiger partial charge in [-0.2, -0.15) is 13.2 Å². The average molecular weight is 505 g/mol. The number of hydrogen-bond acceptors (Lipinski definition) is 4. The normalized spacial score (nSPS) is 13.8. The van der Waals surface area contributed by atoms with E-state index in [0.29, 0.717) is 16.6 Å². The standard InChI is InChI=1S/C21H18BrF5N2O2/c1-10-6-7-11-15(28-10)4-3-5-16(11)29-18(20(30)21(25,26)27)12-8-14(23)13(9-22)17(24)19(12)31-2/h3-8,18,20,29-30H,9H2,1-2H3. The Morgan fingerprint density at radius 2 is 1.90 bits per heavy atom. The van der Waals surface area contributed by atoms with Crippen LogP contribution in [-0.4, -0.2) is 29.5 Å². The van der Waals surface area contributed by atoms with Gasteiger partial charge in [-0.15, -0.1) is 0 Å². The van der Waals surface area contributed by atoms with Crippen LogP contribution in [0.2, 0.25) is 0 Å². The highest BCUT2D eigenvalue weighted by molar-refractivity contribution is 9.08. The van der Waals surface area contributed by atoms with Crippen molar-refractivity contribution in [1.29, 1.82) is 0 Å². The molecule has 3 rings (SSSR count). The van der Waals surface area contributed by atoms with E-state index >= 15 is 0 Å². The fourth-order valence-electron chi connectivity index (χ4n) is 3.28. The zero-order chi connectivity index (χ0) is 22.9. The number of nitrogens with zero attached hydrogens (tertiary/aromatic N) is 1. The lowest BCUT2D eigenvalue weighted by Gasteiger charge is -2.29. The molecule has 0 saturated heterocycles. The van der Waals surface area contributed by atoms with E-state index in [0.717, 1.165) is 13.2 Å². The second-order valence-corrected chi connectivity index (χ2v) is 7.40. The molecule has 0 saturated carbocycles. The summed E-state index contributed by atoms with van der Waals surface area (Å²) in [6, 6.07) is 6.83. The molecule has 0 radical (unpaired) electrons. The van der Waals surface area contributed by atoms with E-state index in [9.17, 15) is 27.1 Å². The molecule has 2 unspecified atom stereocenters. The second kappa shape index (κ2) is 8.96. The summed E-state index contributed by atoms with van der Waals surface area (Å²) in [5.41, 5.74) is 0.498. The molecule has 0 aliphatic heterocycles. The summed E-state index contributed by atoms with van der Waals surface area (Å²) in [6.07, 6.45) is -8.06. The molecular formula is C21H18BrF5N2O2. The van der Waals surface area contributed by atoms with Crippen LogP contribution in [-0.2, 0) is 5.33 Å². The first-order valence-electron chi connectivity index (χ1n) is 9.06. The van der Waals surface area contributed by atoms with E-state index in [1.807, 2.05) is 0 Å². The summed E-state index contributed by atoms with van der Waals surface area (Å²) in [5, 5.41) is 13.0. The van der Waals surface area contributed by atoms with Gasteiger partial charge in [0.1, 0.15) is 5.82 Å². The summed E-state index contributed by atoms with van der Waals surface area (Å²) >= 11 is 2.94. The Labute approximate surface area is 183 Å². The number of halogens is 6. The Morgan fingerprint density at radius 3 is 2.52 bits per heavy atom. The number of aromatic nitrogens is 1. The van der Waals surface area contributed by atoms with Crippen molar-refractivity contribution in [3.8, 4) is 5.75 Å². The minimum atomic E-state index is -5.08. The number of aliphatic hydroxyl groups is 1. The Bertz CT molecular complexity index is 1110. The monoisotopic (exact) mass is 504 g/mol. The van der Waals surface area contributed by atoms with Gasteiger partial charge in [-0.25, -0.2) is 8.78 Å². The van der Waals surface area contributed by atoms with Gasteiger partial charge in [0.15, 0.2) is 17.7 Å². The van der Waals surface area contributed by atoms with Crippen molar-refractivity contribution in [3.05, 3.63) is 64.9 Å². The van der Waals surface area contributed by atoms with Crippen molar-refractivity contribution < 1.29 is 31.8 Å². The van der Waals surface area contributed by atoms with Crippen LogP contribution in [0.5, 0.6) is 5.75 Å². The lowest BCUT2D eigenvalue weighted by molar-refractivity contribution is -0.208. The van der Waals surface area contributed by atoms with Crippen molar-refractivity contribution >= 4 is 32.5 Å². The molecular weight excluding hydrogens is 487 g/mol. The maximum absolute atomic E-state index is 14.8. The molecule has 1 aromatic heterocycles. The van der Waals surface area contributed by atoms with Crippen LogP contribution in [0.3, 0.4) is 0 Å². The summed E-state index contributed by atoms with van der Waals surface area (Å²) < 4.78 is 74.7. The van der Waals surface area contributed by atoms with E-state index in [-0.39, 0.29) is 11.0 Å². The lowest BCUT2D eigenvalue weighted by atomic mass is 9.96. The minimum Gasteiger partial charge on any atom is -0.493 e. The fraction of sp³-hybridized carbons (Fsp3) is 0.286. The molecule has 166 valence electrons. The van der Waals surface area contributed by atoms with Crippen molar-refractivity contribution in [2.75, 3.05) is 12.4 Å². The molecule has 0 fully saturated rings. The van der Waals surface area contributed by atoms with Crippen molar-refractivity contribution in [1.82, 2.24) is 4.98 Å². The van der Waals surface area contributed by atoms with Crippen molar-refractivity contribution in [2.24, 2.45) is 0 Å². The smallest absolute Gasteiger partial charge is 0.416 e. The SMILES string of the molecule is COc1c(C(Nc2cccc3nc(C)ccc23)C(O)C(F)(F)F)cc(F)c(CBr)c1F. The first kappa shape index (κ1) is 23.2. The van der Waals surface area contributed by atoms with Gasteiger partial charge in [-0.3, -0.25) is 4.98 Å². The third-order valence-corrected chi connectivity index (χ3v) is 5.36. The van der Waals surface area contributed by atoms with Crippen molar-refractivity contribution in [2.45, 2.75) is 30.6 Å². The highest BCUT2D eigenvalue weighted by Gasteiger charge is 2.46. The van der Waals surface area contributed by atoms with E-state index in [1.54, 1.807) is 31.2 Å². The molecule has 1 heterocycles. The van der Waals surface area contributed by atoms with E-state index in [2.05, 4.69) is 26.2 Å². The number of nitrogens with one attached hydrogen (secondary N) is 1. The number of aryl methyl sites for hydroxylation is 1. The molecule has 0 aliphatic carbocycles. The molecule has 2 aromatic carbocycles. The Balaban J connectivity index is 2.20. The van der Waals surface area contributed by atoms with Crippen molar-refractivity contribution in [3.63, 3.8) is 0 Å². The summed E-state index contributed by atoms with van der Waals surface area (Å²) in [6.45, 7) is 1.76. The van der Waals surface area contributed by atoms with Crippen LogP contribution in [0, 0.1) is 18.6 Å². The Hall–Kier alpha value is -2.46. The number of ether oxygens (including phenoxy) is 1. The summed E-state index contributed by atoms with van der Waals surface area (Å²) in [5.74, 6) is -2.81. The van der Waals surface area contributed by atoms with Gasteiger partial charge >= 0.3 is 6.18 Å². The third kappa shape index (κ3) is 4.59. The highest BCUT2D eigenvalue weighted by atomic mass is 79.9. The zero-order valence-electron chi connectivity index (χ0n) is 16.4. The van der Waals surface area contributed by atoms with Gasteiger partial charge in [-0.05, 0) is 37.3 Å². The minimum absolute atomic E-state index is 0.200. The van der Waals surface area contributed by atoms with Gasteiger partial charge in [0, 0.05) is 33.2 Å². The van der Waals surface area contributed by atoms with E-state index in [1.165, 1.54) is 6.07 Å². The number of aliphatic hydroxyl groups excluding tert-OH is 1. The van der Waals surface area contributed by atoms with E-state index < -0.39 is 46.8 Å². The topological polar surface area (TPSA) is 54.4 Å². The number of alkyl halides is 4. The Kier molecular flexibility index (Phi) is 6.70. The predicted octanol–water partition coefficient (Wildman–Crippen LogP) is 5.80. The molecule has 3 aromatic rings. The number of fused-ring (bicyclic) bond motifs is 1. The Morgan fingerprint density at radius 1 is 1.19 bits per heavy atom. The molecule has 31 heavy (non-hydrogen) atoms. The van der Waals surface area contributed by atoms with Crippen LogP contribution in [0.4, 0.5) is 27.6 Å². The molecule has 4 nitrogen and oxygen atoms in total. The first-order chi connectivity index (χ1) is 14.6. The molecule has 2 atom stereocenters. The van der Waals surface area contributed by atoms with Crippen LogP contribution >= 0.6 is 15.9 Å². The number of anilines is 1. The maximum Gasteiger partial charge on any atom is 0.416 e. The van der Waals surface area contributed by atoms with Gasteiger partial charge in [-0.1, -0.05) is 22.0 Å². The second-order valence-electron chi connectivity index (χ2n) is 6.84.